The van der Waals surface area contributed by atoms with E-state index in [4.69, 9.17) is 11.5 Å². The Labute approximate surface area is 137 Å². The first-order valence-electron chi connectivity index (χ1n) is 6.88. The van der Waals surface area contributed by atoms with Crippen LogP contribution in [-0.2, 0) is 0 Å². The maximum atomic E-state index is 11.4. The van der Waals surface area contributed by atoms with Crippen molar-refractivity contribution in [3.63, 3.8) is 0 Å². The Bertz CT molecular complexity index is 920. The topological polar surface area (TPSA) is 92.9 Å². The lowest BCUT2D eigenvalue weighted by atomic mass is 9.98. The lowest BCUT2D eigenvalue weighted by Gasteiger charge is -2.07. The minimum absolute atomic E-state index is 0.435. The van der Waals surface area contributed by atoms with Gasteiger partial charge in [0.1, 0.15) is 0 Å². The summed E-state index contributed by atoms with van der Waals surface area (Å²) in [6.45, 7) is 0. The number of nitrogens with two attached hydrogens (primary N) is 2. The number of amides is 1. The molecule has 23 heavy (non-hydrogen) atoms. The van der Waals surface area contributed by atoms with Crippen LogP contribution in [0.15, 0.2) is 53.9 Å². The highest BCUT2D eigenvalue weighted by Gasteiger charge is 2.12. The second kappa shape index (κ2) is 5.95. The summed E-state index contributed by atoms with van der Waals surface area (Å²) in [7, 11) is 0. The molecule has 0 bridgehead atoms. The number of carbonyl (C=O) groups is 1. The number of primary amides is 1. The average Bonchev–Trinajstić information content (AvgIpc) is 3.05. The summed E-state index contributed by atoms with van der Waals surface area (Å²) in [6.07, 6.45) is 0. The molecule has 0 spiro atoms. The van der Waals surface area contributed by atoms with Crippen molar-refractivity contribution in [2.75, 3.05) is 5.73 Å². The van der Waals surface area contributed by atoms with Gasteiger partial charge < -0.3 is 11.5 Å². The van der Waals surface area contributed by atoms with Gasteiger partial charge in [-0.25, -0.2) is 0 Å². The van der Waals surface area contributed by atoms with Crippen molar-refractivity contribution >= 4 is 22.9 Å². The number of benzene rings is 2. The summed E-state index contributed by atoms with van der Waals surface area (Å²) >= 11 is 1.47. The van der Waals surface area contributed by atoms with Crippen LogP contribution in [0.5, 0.6) is 0 Å². The van der Waals surface area contributed by atoms with Gasteiger partial charge in [0.05, 0.1) is 17.2 Å². The number of carbonyl (C=O) groups excluding carboxylic acids is 1. The van der Waals surface area contributed by atoms with Crippen molar-refractivity contribution in [2.45, 2.75) is 0 Å². The summed E-state index contributed by atoms with van der Waals surface area (Å²) in [4.78, 5) is 12.3. The molecule has 0 aliphatic rings. The van der Waals surface area contributed by atoms with Gasteiger partial charge in [0, 0.05) is 10.6 Å². The predicted octanol–water partition coefficient (Wildman–Crippen LogP) is 3.63. The van der Waals surface area contributed by atoms with Gasteiger partial charge in [-0.15, -0.1) is 11.3 Å². The van der Waals surface area contributed by atoms with E-state index in [9.17, 15) is 10.1 Å². The number of nitrogen functional groups attached to an aromatic ring is 1. The van der Waals surface area contributed by atoms with Crippen LogP contribution in [0.25, 0.3) is 21.6 Å². The molecule has 0 aliphatic heterocycles. The highest BCUT2D eigenvalue weighted by Crippen LogP contribution is 2.32. The zero-order valence-corrected chi connectivity index (χ0v) is 12.9. The Hall–Kier alpha value is -3.10. The summed E-state index contributed by atoms with van der Waals surface area (Å²) in [6, 6.07) is 16.8. The minimum atomic E-state index is -0.435. The average molecular weight is 319 g/mol. The molecular weight excluding hydrogens is 306 g/mol. The van der Waals surface area contributed by atoms with E-state index >= 15 is 0 Å². The zero-order valence-electron chi connectivity index (χ0n) is 12.1. The Morgan fingerprint density at radius 2 is 1.74 bits per heavy atom. The van der Waals surface area contributed by atoms with Gasteiger partial charge in [-0.1, -0.05) is 30.3 Å². The molecule has 0 saturated heterocycles. The first-order chi connectivity index (χ1) is 11.1. The molecule has 1 amide bonds. The van der Waals surface area contributed by atoms with Gasteiger partial charge in [0.2, 0.25) is 5.91 Å². The summed E-state index contributed by atoms with van der Waals surface area (Å²) in [5, 5.41) is 11.1. The molecule has 4 nitrogen and oxygen atoms in total. The third-order valence-corrected chi connectivity index (χ3v) is 4.52. The van der Waals surface area contributed by atoms with E-state index in [1.54, 1.807) is 18.2 Å². The molecule has 2 aromatic carbocycles. The van der Waals surface area contributed by atoms with Gasteiger partial charge in [-0.05, 0) is 40.3 Å². The molecule has 112 valence electrons. The van der Waals surface area contributed by atoms with Gasteiger partial charge in [0.25, 0.3) is 0 Å². The highest BCUT2D eigenvalue weighted by atomic mass is 32.1. The van der Waals surface area contributed by atoms with E-state index in [1.165, 1.54) is 11.3 Å². The molecule has 1 aromatic heterocycles. The van der Waals surface area contributed by atoms with Crippen molar-refractivity contribution in [3.8, 4) is 27.6 Å². The van der Waals surface area contributed by atoms with Crippen LogP contribution >= 0.6 is 11.3 Å². The van der Waals surface area contributed by atoms with E-state index in [1.807, 2.05) is 35.7 Å². The molecule has 0 radical (unpaired) electrons. The fourth-order valence-electron chi connectivity index (χ4n) is 2.43. The Kier molecular flexibility index (Phi) is 3.83. The van der Waals surface area contributed by atoms with Gasteiger partial charge >= 0.3 is 0 Å². The second-order valence-electron chi connectivity index (χ2n) is 5.02. The number of thiophene rings is 1. The van der Waals surface area contributed by atoms with Crippen LogP contribution in [0, 0.1) is 11.3 Å². The molecule has 3 aromatic rings. The van der Waals surface area contributed by atoms with Crippen molar-refractivity contribution in [2.24, 2.45) is 5.73 Å². The SMILES string of the molecule is N#Cc1cc(N)ccc1-c1ccc(-c2sccc2C(N)=O)cc1. The third kappa shape index (κ3) is 2.80. The summed E-state index contributed by atoms with van der Waals surface area (Å²) in [5.74, 6) is -0.435. The number of nitriles is 1. The maximum absolute atomic E-state index is 11.4. The maximum Gasteiger partial charge on any atom is 0.250 e. The molecule has 0 fully saturated rings. The first kappa shape index (κ1) is 14.8. The van der Waals surface area contributed by atoms with Crippen LogP contribution in [0.4, 0.5) is 5.69 Å². The standard InChI is InChI=1S/C18H13N3OS/c19-10-13-9-14(20)5-6-15(13)11-1-3-12(4-2-11)17-16(18(21)22)7-8-23-17/h1-9H,20H2,(H2,21,22). The van der Waals surface area contributed by atoms with E-state index in [-0.39, 0.29) is 0 Å². The van der Waals surface area contributed by atoms with E-state index in [2.05, 4.69) is 6.07 Å². The van der Waals surface area contributed by atoms with E-state index in [0.29, 0.717) is 16.8 Å². The van der Waals surface area contributed by atoms with E-state index < -0.39 is 5.91 Å². The molecule has 0 saturated carbocycles. The molecule has 5 heteroatoms. The van der Waals surface area contributed by atoms with Crippen molar-refractivity contribution in [1.29, 1.82) is 5.26 Å². The van der Waals surface area contributed by atoms with Crippen LogP contribution < -0.4 is 11.5 Å². The second-order valence-corrected chi connectivity index (χ2v) is 5.94. The minimum Gasteiger partial charge on any atom is -0.399 e. The van der Waals surface area contributed by atoms with Crippen LogP contribution in [0.3, 0.4) is 0 Å². The molecule has 1 heterocycles. The first-order valence-corrected chi connectivity index (χ1v) is 7.76. The number of anilines is 1. The number of nitrogens with zero attached hydrogens (tertiary/aromatic N) is 1. The largest absolute Gasteiger partial charge is 0.399 e. The smallest absolute Gasteiger partial charge is 0.250 e. The molecule has 0 aliphatic carbocycles. The van der Waals surface area contributed by atoms with Crippen LogP contribution in [0.1, 0.15) is 15.9 Å². The van der Waals surface area contributed by atoms with Crippen molar-refractivity contribution in [3.05, 3.63) is 65.0 Å². The third-order valence-electron chi connectivity index (χ3n) is 3.55. The fraction of sp³-hybridized carbons (Fsp3) is 0. The normalized spacial score (nSPS) is 10.2. The fourth-order valence-corrected chi connectivity index (χ4v) is 3.34. The van der Waals surface area contributed by atoms with Gasteiger partial charge in [0.15, 0.2) is 0 Å². The Morgan fingerprint density at radius 3 is 2.39 bits per heavy atom. The zero-order chi connectivity index (χ0) is 16.4. The van der Waals surface area contributed by atoms with Crippen LogP contribution in [0.2, 0.25) is 0 Å². The molecule has 0 atom stereocenters. The number of hydrogen-bond donors (Lipinski definition) is 2. The number of rotatable bonds is 3. The predicted molar refractivity (Wildman–Crippen MR) is 92.8 cm³/mol. The Morgan fingerprint density at radius 1 is 1.04 bits per heavy atom. The molecule has 3 rings (SSSR count). The summed E-state index contributed by atoms with van der Waals surface area (Å²) in [5.41, 5.74) is 15.4. The Balaban J connectivity index is 2.02. The molecular formula is C18H13N3OS. The van der Waals surface area contributed by atoms with Gasteiger partial charge in [-0.3, -0.25) is 4.79 Å². The molecule has 4 N–H and O–H groups in total. The monoisotopic (exact) mass is 319 g/mol. The quantitative estimate of drug-likeness (QED) is 0.722. The lowest BCUT2D eigenvalue weighted by Crippen LogP contribution is -2.10. The lowest BCUT2D eigenvalue weighted by molar-refractivity contribution is 0.100. The highest BCUT2D eigenvalue weighted by molar-refractivity contribution is 7.14. The number of hydrogen-bond acceptors (Lipinski definition) is 4. The van der Waals surface area contributed by atoms with Crippen molar-refractivity contribution < 1.29 is 4.79 Å². The summed E-state index contributed by atoms with van der Waals surface area (Å²) < 4.78 is 0. The van der Waals surface area contributed by atoms with Gasteiger partial charge in [-0.2, -0.15) is 5.26 Å². The molecule has 0 unspecified atom stereocenters. The van der Waals surface area contributed by atoms with Crippen molar-refractivity contribution in [1.82, 2.24) is 0 Å². The van der Waals surface area contributed by atoms with E-state index in [0.717, 1.165) is 21.6 Å². The van der Waals surface area contributed by atoms with Crippen LogP contribution in [-0.4, -0.2) is 5.91 Å².